The second kappa shape index (κ2) is 7.66. The monoisotopic (exact) mass is 262 g/mol. The Balaban J connectivity index is 3.13. The van der Waals surface area contributed by atoms with Crippen LogP contribution in [0, 0.1) is 6.92 Å². The normalized spacial score (nSPS) is 16.4. The van der Waals surface area contributed by atoms with Crippen molar-refractivity contribution >= 4 is 0 Å². The van der Waals surface area contributed by atoms with E-state index < -0.39 is 0 Å². The topological polar surface area (TPSA) is 29.3 Å². The highest BCUT2D eigenvalue weighted by atomic mass is 15.2. The zero-order valence-electron chi connectivity index (χ0n) is 13.2. The van der Waals surface area contributed by atoms with Gasteiger partial charge < -0.3 is 5.73 Å². The summed E-state index contributed by atoms with van der Waals surface area (Å²) in [6.45, 7) is 12.2. The molecule has 0 radical (unpaired) electrons. The molecule has 0 aliphatic rings. The second-order valence-corrected chi connectivity index (χ2v) is 5.52. The standard InChI is InChI=1S/C17H30N2/c1-6-14(5)19(8-3)17(16(18)7-2)15-11-9-10-13(4)12-15/h9-12,14,16-17H,6-8,18H2,1-5H3. The van der Waals surface area contributed by atoms with Crippen LogP contribution < -0.4 is 5.73 Å². The molecule has 0 aliphatic heterocycles. The van der Waals surface area contributed by atoms with E-state index in [1.807, 2.05) is 0 Å². The molecule has 1 aromatic rings. The van der Waals surface area contributed by atoms with Crippen molar-refractivity contribution in [1.29, 1.82) is 0 Å². The van der Waals surface area contributed by atoms with Crippen molar-refractivity contribution in [3.8, 4) is 0 Å². The first-order valence-electron chi connectivity index (χ1n) is 7.62. The molecule has 0 saturated carbocycles. The summed E-state index contributed by atoms with van der Waals surface area (Å²) in [5.41, 5.74) is 9.10. The number of hydrogen-bond donors (Lipinski definition) is 1. The van der Waals surface area contributed by atoms with E-state index in [1.165, 1.54) is 11.1 Å². The maximum absolute atomic E-state index is 6.43. The zero-order chi connectivity index (χ0) is 14.4. The van der Waals surface area contributed by atoms with Crippen molar-refractivity contribution in [1.82, 2.24) is 4.90 Å². The maximum Gasteiger partial charge on any atom is 0.0501 e. The van der Waals surface area contributed by atoms with E-state index in [1.54, 1.807) is 0 Å². The molecule has 0 amide bonds. The number of nitrogens with zero attached hydrogens (tertiary/aromatic N) is 1. The minimum atomic E-state index is 0.191. The first-order valence-corrected chi connectivity index (χ1v) is 7.62. The summed E-state index contributed by atoms with van der Waals surface area (Å²) in [6.07, 6.45) is 2.16. The van der Waals surface area contributed by atoms with Crippen LogP contribution in [0.25, 0.3) is 0 Å². The van der Waals surface area contributed by atoms with Crippen LogP contribution in [0.1, 0.15) is 57.7 Å². The summed E-state index contributed by atoms with van der Waals surface area (Å²) in [7, 11) is 0. The molecule has 108 valence electrons. The minimum absolute atomic E-state index is 0.191. The molecule has 19 heavy (non-hydrogen) atoms. The molecule has 0 spiro atoms. The smallest absolute Gasteiger partial charge is 0.0501 e. The van der Waals surface area contributed by atoms with Gasteiger partial charge in [0.2, 0.25) is 0 Å². The van der Waals surface area contributed by atoms with E-state index in [4.69, 9.17) is 5.73 Å². The van der Waals surface area contributed by atoms with Gasteiger partial charge in [-0.2, -0.15) is 0 Å². The van der Waals surface area contributed by atoms with Gasteiger partial charge in [-0.05, 0) is 38.8 Å². The fourth-order valence-electron chi connectivity index (χ4n) is 2.78. The second-order valence-electron chi connectivity index (χ2n) is 5.52. The average Bonchev–Trinajstić information content (AvgIpc) is 2.42. The summed E-state index contributed by atoms with van der Waals surface area (Å²) in [5, 5.41) is 0. The Hall–Kier alpha value is -0.860. The summed E-state index contributed by atoms with van der Waals surface area (Å²) in [5.74, 6) is 0. The maximum atomic E-state index is 6.43. The van der Waals surface area contributed by atoms with Crippen molar-refractivity contribution in [2.75, 3.05) is 6.54 Å². The first-order chi connectivity index (χ1) is 9.04. The molecule has 3 atom stereocenters. The number of likely N-dealkylation sites (N-methyl/N-ethyl adjacent to an activating group) is 1. The lowest BCUT2D eigenvalue weighted by molar-refractivity contribution is 0.125. The van der Waals surface area contributed by atoms with E-state index in [2.05, 4.69) is 63.8 Å². The van der Waals surface area contributed by atoms with Crippen molar-refractivity contribution < 1.29 is 0 Å². The molecule has 0 aromatic heterocycles. The SMILES string of the molecule is CCC(N)C(c1cccc(C)c1)N(CC)C(C)CC. The molecule has 0 fully saturated rings. The van der Waals surface area contributed by atoms with Gasteiger partial charge in [0.25, 0.3) is 0 Å². The van der Waals surface area contributed by atoms with Gasteiger partial charge in [-0.3, -0.25) is 4.90 Å². The third-order valence-corrected chi connectivity index (χ3v) is 4.14. The number of rotatable bonds is 7. The minimum Gasteiger partial charge on any atom is -0.326 e. The van der Waals surface area contributed by atoms with Crippen LogP contribution in [-0.4, -0.2) is 23.5 Å². The summed E-state index contributed by atoms with van der Waals surface area (Å²) in [4.78, 5) is 2.54. The number of hydrogen-bond acceptors (Lipinski definition) is 2. The van der Waals surface area contributed by atoms with Gasteiger partial charge in [-0.1, -0.05) is 50.6 Å². The van der Waals surface area contributed by atoms with Crippen LogP contribution in [0.5, 0.6) is 0 Å². The van der Waals surface area contributed by atoms with E-state index in [0.29, 0.717) is 12.1 Å². The van der Waals surface area contributed by atoms with Gasteiger partial charge in [0.05, 0.1) is 6.04 Å². The number of benzene rings is 1. The lowest BCUT2D eigenvalue weighted by Gasteiger charge is -2.39. The molecule has 0 heterocycles. The van der Waals surface area contributed by atoms with Crippen LogP contribution in [0.3, 0.4) is 0 Å². The predicted molar refractivity (Wildman–Crippen MR) is 84.3 cm³/mol. The van der Waals surface area contributed by atoms with Crippen LogP contribution in [0.4, 0.5) is 0 Å². The number of nitrogens with two attached hydrogens (primary N) is 1. The highest BCUT2D eigenvalue weighted by Gasteiger charge is 2.27. The predicted octanol–water partition coefficient (Wildman–Crippen LogP) is 3.89. The third kappa shape index (κ3) is 4.05. The molecule has 0 bridgehead atoms. The van der Waals surface area contributed by atoms with Gasteiger partial charge in [-0.25, -0.2) is 0 Å². The Morgan fingerprint density at radius 2 is 1.84 bits per heavy atom. The van der Waals surface area contributed by atoms with Crippen molar-refractivity contribution in [3.05, 3.63) is 35.4 Å². The Labute approximate surface area is 119 Å². The summed E-state index contributed by atoms with van der Waals surface area (Å²) >= 11 is 0. The molecule has 1 rings (SSSR count). The molecule has 2 nitrogen and oxygen atoms in total. The molecule has 3 unspecified atom stereocenters. The van der Waals surface area contributed by atoms with E-state index in [0.717, 1.165) is 19.4 Å². The molecule has 0 aliphatic carbocycles. The highest BCUT2D eigenvalue weighted by molar-refractivity contribution is 5.26. The van der Waals surface area contributed by atoms with Crippen molar-refractivity contribution in [3.63, 3.8) is 0 Å². The lowest BCUT2D eigenvalue weighted by Crippen LogP contribution is -2.44. The number of aryl methyl sites for hydroxylation is 1. The van der Waals surface area contributed by atoms with Gasteiger partial charge in [0, 0.05) is 12.1 Å². The largest absolute Gasteiger partial charge is 0.326 e. The quantitative estimate of drug-likeness (QED) is 0.807. The van der Waals surface area contributed by atoms with Crippen molar-refractivity contribution in [2.45, 2.75) is 65.6 Å². The Kier molecular flexibility index (Phi) is 6.53. The van der Waals surface area contributed by atoms with Gasteiger partial charge in [-0.15, -0.1) is 0 Å². The van der Waals surface area contributed by atoms with Crippen LogP contribution in [-0.2, 0) is 0 Å². The molecule has 0 saturated heterocycles. The zero-order valence-corrected chi connectivity index (χ0v) is 13.2. The fraction of sp³-hybridized carbons (Fsp3) is 0.647. The van der Waals surface area contributed by atoms with Gasteiger partial charge >= 0.3 is 0 Å². The fourth-order valence-corrected chi connectivity index (χ4v) is 2.78. The van der Waals surface area contributed by atoms with E-state index >= 15 is 0 Å². The van der Waals surface area contributed by atoms with Crippen LogP contribution >= 0.6 is 0 Å². The Bertz CT molecular complexity index is 375. The Morgan fingerprint density at radius 3 is 2.32 bits per heavy atom. The highest BCUT2D eigenvalue weighted by Crippen LogP contribution is 2.28. The van der Waals surface area contributed by atoms with E-state index in [9.17, 15) is 0 Å². The van der Waals surface area contributed by atoms with Gasteiger partial charge in [0.15, 0.2) is 0 Å². The van der Waals surface area contributed by atoms with Crippen LogP contribution in [0.15, 0.2) is 24.3 Å². The summed E-state index contributed by atoms with van der Waals surface area (Å²) < 4.78 is 0. The third-order valence-electron chi connectivity index (χ3n) is 4.14. The molecule has 1 aromatic carbocycles. The first kappa shape index (κ1) is 16.2. The summed E-state index contributed by atoms with van der Waals surface area (Å²) in [6, 6.07) is 9.87. The molecule has 2 N–H and O–H groups in total. The Morgan fingerprint density at radius 1 is 1.16 bits per heavy atom. The van der Waals surface area contributed by atoms with Crippen LogP contribution in [0.2, 0.25) is 0 Å². The van der Waals surface area contributed by atoms with E-state index in [-0.39, 0.29) is 6.04 Å². The molecular formula is C17H30N2. The van der Waals surface area contributed by atoms with Gasteiger partial charge in [0.1, 0.15) is 0 Å². The average molecular weight is 262 g/mol. The molecular weight excluding hydrogens is 232 g/mol. The van der Waals surface area contributed by atoms with Crippen molar-refractivity contribution in [2.24, 2.45) is 5.73 Å². The lowest BCUT2D eigenvalue weighted by atomic mass is 9.93. The molecule has 2 heteroatoms.